The molecule has 0 amide bonds. The van der Waals surface area contributed by atoms with Crippen LogP contribution < -0.4 is 20.4 Å². The fourth-order valence-electron chi connectivity index (χ4n) is 6.29. The summed E-state index contributed by atoms with van der Waals surface area (Å²) in [5.41, 5.74) is 5.31. The Morgan fingerprint density at radius 2 is 0.935 bits per heavy atom. The standard InChI is InChI=1S/C37H44N6O3/c1-23-7-11-29(12-8-23)38-33-17-15-31(36(40-33)42-19-25(3)45-26(4)20-42)35(44)32-16-18-34(39-30-13-9-24(2)10-14-30)41-37(32)43-21-27(5)46-28(6)22-43/h7-18,25-28H,19-22H2,1-6H3,(H,38,40)(H,39,41)/t25-,26+,27-,28+. The zero-order valence-corrected chi connectivity index (χ0v) is 27.6. The van der Waals surface area contributed by atoms with Crippen LogP contribution in [0.2, 0.25) is 0 Å². The summed E-state index contributed by atoms with van der Waals surface area (Å²) in [6, 6.07) is 23.9. The predicted molar refractivity (Wildman–Crippen MR) is 185 cm³/mol. The van der Waals surface area contributed by atoms with Crippen LogP contribution in [0.15, 0.2) is 72.8 Å². The molecule has 46 heavy (non-hydrogen) atoms. The van der Waals surface area contributed by atoms with Crippen LogP contribution in [0.1, 0.15) is 54.7 Å². The number of aryl methyl sites for hydroxylation is 2. The van der Waals surface area contributed by atoms with Crippen molar-refractivity contribution in [2.24, 2.45) is 0 Å². The summed E-state index contributed by atoms with van der Waals surface area (Å²) in [6.07, 6.45) is 0.0107. The van der Waals surface area contributed by atoms with Crippen LogP contribution in [-0.2, 0) is 9.47 Å². The van der Waals surface area contributed by atoms with Gasteiger partial charge in [-0.15, -0.1) is 0 Å². The number of aromatic nitrogens is 2. The van der Waals surface area contributed by atoms with Gasteiger partial charge in [0.25, 0.3) is 0 Å². The van der Waals surface area contributed by atoms with E-state index < -0.39 is 0 Å². The maximum Gasteiger partial charge on any atom is 0.200 e. The monoisotopic (exact) mass is 620 g/mol. The van der Waals surface area contributed by atoms with Gasteiger partial charge in [-0.2, -0.15) is 0 Å². The Balaban J connectivity index is 1.40. The van der Waals surface area contributed by atoms with Crippen molar-refractivity contribution in [3.05, 3.63) is 95.1 Å². The summed E-state index contributed by atoms with van der Waals surface area (Å²) >= 11 is 0. The van der Waals surface area contributed by atoms with E-state index in [0.717, 1.165) is 11.4 Å². The van der Waals surface area contributed by atoms with Gasteiger partial charge in [-0.25, -0.2) is 9.97 Å². The number of hydrogen-bond acceptors (Lipinski definition) is 9. The van der Waals surface area contributed by atoms with Gasteiger partial charge in [-0.3, -0.25) is 4.79 Å². The van der Waals surface area contributed by atoms with Gasteiger partial charge in [-0.05, 0) is 90.1 Å². The predicted octanol–water partition coefficient (Wildman–Crippen LogP) is 7.04. The van der Waals surface area contributed by atoms with Crippen LogP contribution in [0, 0.1) is 13.8 Å². The minimum Gasteiger partial charge on any atom is -0.372 e. The molecule has 6 rings (SSSR count). The molecule has 240 valence electrons. The minimum absolute atomic E-state index is 0.00269. The highest BCUT2D eigenvalue weighted by Gasteiger charge is 2.31. The molecule has 4 aromatic rings. The Morgan fingerprint density at radius 1 is 0.587 bits per heavy atom. The van der Waals surface area contributed by atoms with Crippen molar-refractivity contribution in [1.29, 1.82) is 0 Å². The van der Waals surface area contributed by atoms with Gasteiger partial charge in [0.05, 0.1) is 35.5 Å². The summed E-state index contributed by atoms with van der Waals surface area (Å²) < 4.78 is 12.1. The molecular formula is C37H44N6O3. The van der Waals surface area contributed by atoms with Crippen LogP contribution in [0.3, 0.4) is 0 Å². The van der Waals surface area contributed by atoms with Gasteiger partial charge in [0.1, 0.15) is 23.3 Å². The molecule has 2 fully saturated rings. The zero-order valence-electron chi connectivity index (χ0n) is 27.6. The highest BCUT2D eigenvalue weighted by molar-refractivity contribution is 6.15. The molecule has 2 aliphatic rings. The number of ketones is 1. The zero-order chi connectivity index (χ0) is 32.4. The van der Waals surface area contributed by atoms with E-state index in [1.807, 2.05) is 48.5 Å². The van der Waals surface area contributed by atoms with Crippen molar-refractivity contribution < 1.29 is 14.3 Å². The van der Waals surface area contributed by atoms with Gasteiger partial charge in [0.15, 0.2) is 5.78 Å². The number of rotatable bonds is 8. The number of nitrogens with one attached hydrogen (secondary N) is 2. The van der Waals surface area contributed by atoms with E-state index in [1.54, 1.807) is 0 Å². The molecule has 9 heteroatoms. The third-order valence-electron chi connectivity index (χ3n) is 8.33. The lowest BCUT2D eigenvalue weighted by Crippen LogP contribution is -2.47. The molecule has 2 aromatic heterocycles. The van der Waals surface area contributed by atoms with Crippen molar-refractivity contribution in [3.63, 3.8) is 0 Å². The Labute approximate surface area is 272 Å². The quantitative estimate of drug-likeness (QED) is 0.201. The van der Waals surface area contributed by atoms with E-state index in [9.17, 15) is 4.79 Å². The van der Waals surface area contributed by atoms with Crippen LogP contribution in [0.25, 0.3) is 0 Å². The molecule has 9 nitrogen and oxygen atoms in total. The summed E-state index contributed by atoms with van der Waals surface area (Å²) in [6.45, 7) is 14.9. The Morgan fingerprint density at radius 3 is 1.28 bits per heavy atom. The fraction of sp³-hybridized carbons (Fsp3) is 0.378. The largest absolute Gasteiger partial charge is 0.372 e. The van der Waals surface area contributed by atoms with Crippen molar-refractivity contribution in [3.8, 4) is 0 Å². The first-order valence-electron chi connectivity index (χ1n) is 16.2. The average Bonchev–Trinajstić information content (AvgIpc) is 3.02. The summed E-state index contributed by atoms with van der Waals surface area (Å²) in [7, 11) is 0. The highest BCUT2D eigenvalue weighted by Crippen LogP contribution is 2.32. The third-order valence-corrected chi connectivity index (χ3v) is 8.33. The van der Waals surface area contributed by atoms with Crippen molar-refractivity contribution in [1.82, 2.24) is 9.97 Å². The van der Waals surface area contributed by atoms with Gasteiger partial charge < -0.3 is 29.9 Å². The number of ether oxygens (including phenoxy) is 2. The molecule has 0 radical (unpaired) electrons. The normalized spacial score (nSPS) is 21.6. The number of carbonyl (C=O) groups excluding carboxylic acids is 1. The van der Waals surface area contributed by atoms with Gasteiger partial charge in [0, 0.05) is 37.6 Å². The number of carbonyl (C=O) groups is 1. The molecule has 0 saturated carbocycles. The van der Waals surface area contributed by atoms with Crippen LogP contribution >= 0.6 is 0 Å². The van der Waals surface area contributed by atoms with E-state index in [4.69, 9.17) is 19.4 Å². The van der Waals surface area contributed by atoms with Crippen LogP contribution in [0.5, 0.6) is 0 Å². The number of hydrogen-bond donors (Lipinski definition) is 2. The molecule has 0 unspecified atom stereocenters. The van der Waals surface area contributed by atoms with Crippen LogP contribution in [0.4, 0.5) is 34.6 Å². The Hall–Kier alpha value is -4.47. The third kappa shape index (κ3) is 7.32. The van der Waals surface area contributed by atoms with Gasteiger partial charge in [-0.1, -0.05) is 35.4 Å². The highest BCUT2D eigenvalue weighted by atomic mass is 16.5. The van der Waals surface area contributed by atoms with E-state index in [-0.39, 0.29) is 30.2 Å². The molecule has 2 aromatic carbocycles. The first-order chi connectivity index (χ1) is 22.1. The molecule has 0 aliphatic carbocycles. The van der Waals surface area contributed by atoms with Crippen molar-refractivity contribution in [2.75, 3.05) is 46.6 Å². The van der Waals surface area contributed by atoms with Gasteiger partial charge >= 0.3 is 0 Å². The summed E-state index contributed by atoms with van der Waals surface area (Å²) in [4.78, 5) is 29.1. The lowest BCUT2D eigenvalue weighted by atomic mass is 10.0. The number of anilines is 6. The van der Waals surface area contributed by atoms with E-state index >= 15 is 0 Å². The SMILES string of the molecule is Cc1ccc(Nc2ccc(C(=O)c3ccc(Nc4ccc(C)cc4)nc3N3C[C@@H](C)O[C@@H](C)C3)c(N3C[C@@H](C)O[C@@H](C)C3)n2)cc1. The smallest absolute Gasteiger partial charge is 0.200 e. The maximum absolute atomic E-state index is 14.7. The number of nitrogens with zero attached hydrogens (tertiary/aromatic N) is 4. The van der Waals surface area contributed by atoms with Crippen molar-refractivity contribution >= 4 is 40.4 Å². The molecule has 4 atom stereocenters. The first kappa shape index (κ1) is 31.5. The molecule has 2 N–H and O–H groups in total. The second-order valence-electron chi connectivity index (χ2n) is 12.8. The van der Waals surface area contributed by atoms with Gasteiger partial charge in [0.2, 0.25) is 0 Å². The number of benzene rings is 2. The molecule has 2 saturated heterocycles. The second-order valence-corrected chi connectivity index (χ2v) is 12.8. The molecule has 4 heterocycles. The molecule has 0 spiro atoms. The summed E-state index contributed by atoms with van der Waals surface area (Å²) in [5.74, 6) is 2.51. The van der Waals surface area contributed by atoms with E-state index in [1.165, 1.54) is 11.1 Å². The summed E-state index contributed by atoms with van der Waals surface area (Å²) in [5, 5.41) is 6.85. The lowest BCUT2D eigenvalue weighted by Gasteiger charge is -2.37. The fourth-order valence-corrected chi connectivity index (χ4v) is 6.29. The average molecular weight is 621 g/mol. The maximum atomic E-state index is 14.7. The lowest BCUT2D eigenvalue weighted by molar-refractivity contribution is -0.00569. The molecular weight excluding hydrogens is 576 g/mol. The Bertz CT molecular complexity index is 1530. The van der Waals surface area contributed by atoms with E-state index in [0.29, 0.717) is 60.6 Å². The minimum atomic E-state index is -0.118. The Kier molecular flexibility index (Phi) is 9.24. The number of pyridine rings is 2. The number of morpholine rings is 2. The first-order valence-corrected chi connectivity index (χ1v) is 16.2. The topological polar surface area (TPSA) is 91.9 Å². The van der Waals surface area contributed by atoms with Crippen molar-refractivity contribution in [2.45, 2.75) is 66.0 Å². The molecule has 0 bridgehead atoms. The second kappa shape index (κ2) is 13.5. The molecule has 2 aliphatic heterocycles. The van der Waals surface area contributed by atoms with E-state index in [2.05, 4.69) is 86.2 Å². The van der Waals surface area contributed by atoms with Crippen LogP contribution in [-0.4, -0.2) is 66.3 Å².